The van der Waals surface area contributed by atoms with Crippen molar-refractivity contribution in [2.24, 2.45) is 5.92 Å². The third-order valence-corrected chi connectivity index (χ3v) is 6.32. The molecular formula is C22H27N5O3S. The van der Waals surface area contributed by atoms with Crippen molar-refractivity contribution in [3.05, 3.63) is 36.4 Å². The zero-order valence-electron chi connectivity index (χ0n) is 17.5. The highest BCUT2D eigenvalue weighted by atomic mass is 32.2. The van der Waals surface area contributed by atoms with Crippen LogP contribution in [0.1, 0.15) is 25.7 Å². The van der Waals surface area contributed by atoms with Crippen molar-refractivity contribution < 1.29 is 14.3 Å². The highest BCUT2D eigenvalue weighted by molar-refractivity contribution is 7.99. The van der Waals surface area contributed by atoms with Gasteiger partial charge in [-0.3, -0.25) is 9.59 Å². The highest BCUT2D eigenvalue weighted by Gasteiger charge is 2.30. The molecule has 2 amide bonds. The maximum Gasteiger partial charge on any atom is 0.234 e. The van der Waals surface area contributed by atoms with Crippen molar-refractivity contribution in [3.63, 3.8) is 0 Å². The fourth-order valence-corrected chi connectivity index (χ4v) is 4.19. The lowest BCUT2D eigenvalue weighted by atomic mass is 9.97. The largest absolute Gasteiger partial charge is 0.495 e. The maximum absolute atomic E-state index is 12.4. The van der Waals surface area contributed by atoms with E-state index in [4.69, 9.17) is 4.74 Å². The lowest BCUT2D eigenvalue weighted by molar-refractivity contribution is -0.125. The van der Waals surface area contributed by atoms with Gasteiger partial charge in [0, 0.05) is 19.1 Å². The minimum Gasteiger partial charge on any atom is -0.495 e. The molecule has 4 rings (SSSR count). The number of carbonyl (C=O) groups is 2. The van der Waals surface area contributed by atoms with E-state index in [0.29, 0.717) is 29.0 Å². The van der Waals surface area contributed by atoms with Crippen LogP contribution in [0.5, 0.6) is 5.75 Å². The zero-order valence-corrected chi connectivity index (χ0v) is 18.4. The third kappa shape index (κ3) is 5.88. The van der Waals surface area contributed by atoms with E-state index in [1.54, 1.807) is 19.2 Å². The summed E-state index contributed by atoms with van der Waals surface area (Å²) < 4.78 is 5.25. The molecule has 1 aliphatic carbocycles. The molecule has 1 aromatic heterocycles. The summed E-state index contributed by atoms with van der Waals surface area (Å²) >= 11 is 1.33. The Bertz CT molecular complexity index is 920. The molecule has 9 heteroatoms. The van der Waals surface area contributed by atoms with Crippen LogP contribution in [0.3, 0.4) is 0 Å². The third-order valence-electron chi connectivity index (χ3n) is 5.40. The Morgan fingerprint density at radius 3 is 2.74 bits per heavy atom. The molecule has 1 aromatic carbocycles. The van der Waals surface area contributed by atoms with Crippen molar-refractivity contribution in [3.8, 4) is 5.75 Å². The number of hydrogen-bond donors (Lipinski definition) is 2. The minimum atomic E-state index is -0.138. The average molecular weight is 442 g/mol. The summed E-state index contributed by atoms with van der Waals surface area (Å²) in [5.41, 5.74) is 0.641. The predicted molar refractivity (Wildman–Crippen MR) is 120 cm³/mol. The first-order chi connectivity index (χ1) is 15.1. The second-order valence-corrected chi connectivity index (χ2v) is 8.83. The van der Waals surface area contributed by atoms with Crippen LogP contribution in [0.4, 0.5) is 11.5 Å². The summed E-state index contributed by atoms with van der Waals surface area (Å²) in [5, 5.41) is 15.2. The van der Waals surface area contributed by atoms with Gasteiger partial charge in [-0.25, -0.2) is 0 Å². The minimum absolute atomic E-state index is 0.00359. The Labute approximate surface area is 186 Å². The van der Waals surface area contributed by atoms with E-state index in [2.05, 4.69) is 25.7 Å². The normalized spacial score (nSPS) is 18.4. The molecular weight excluding hydrogens is 414 g/mol. The van der Waals surface area contributed by atoms with Gasteiger partial charge < -0.3 is 20.3 Å². The molecule has 2 heterocycles. The van der Waals surface area contributed by atoms with Gasteiger partial charge in [-0.2, -0.15) is 0 Å². The first-order valence-electron chi connectivity index (χ1n) is 10.6. The Balaban J connectivity index is 1.27. The van der Waals surface area contributed by atoms with Crippen LogP contribution in [0.15, 0.2) is 41.4 Å². The Hall–Kier alpha value is -2.81. The molecule has 1 aliphatic heterocycles. The van der Waals surface area contributed by atoms with Gasteiger partial charge in [0.1, 0.15) is 10.8 Å². The molecule has 2 fully saturated rings. The van der Waals surface area contributed by atoms with Crippen LogP contribution in [-0.2, 0) is 9.59 Å². The van der Waals surface area contributed by atoms with E-state index in [9.17, 15) is 9.59 Å². The van der Waals surface area contributed by atoms with Gasteiger partial charge in [0.15, 0.2) is 5.82 Å². The smallest absolute Gasteiger partial charge is 0.234 e. The number of carbonyl (C=O) groups excluding carboxylic acids is 2. The fourth-order valence-electron chi connectivity index (χ4n) is 3.58. The maximum atomic E-state index is 12.4. The van der Waals surface area contributed by atoms with Gasteiger partial charge in [-0.1, -0.05) is 23.9 Å². The molecule has 8 nitrogen and oxygen atoms in total. The van der Waals surface area contributed by atoms with Gasteiger partial charge in [0.05, 0.1) is 24.5 Å². The molecule has 0 bridgehead atoms. The molecule has 2 aromatic rings. The average Bonchev–Trinajstić information content (AvgIpc) is 3.62. The van der Waals surface area contributed by atoms with E-state index in [0.717, 1.165) is 38.0 Å². The Morgan fingerprint density at radius 2 is 2.00 bits per heavy atom. The number of benzene rings is 1. The number of nitrogens with zero attached hydrogens (tertiary/aromatic N) is 3. The molecule has 2 aliphatic rings. The number of amides is 2. The number of rotatable bonds is 8. The molecule has 2 N–H and O–H groups in total. The molecule has 1 saturated carbocycles. The van der Waals surface area contributed by atoms with Crippen molar-refractivity contribution in [1.29, 1.82) is 0 Å². The molecule has 0 radical (unpaired) electrons. The standard InChI is InChI=1S/C22H27N5O3S/c1-30-18-7-3-2-6-17(18)24-20(28)14-31-21-11-10-19(25-26-21)27-12-4-5-15(13-27)22(29)23-16-8-9-16/h2-3,6-7,10-11,15-16H,4-5,8-9,12-14H2,1H3,(H,23,29)(H,24,28)/t15-/m0/s1. The summed E-state index contributed by atoms with van der Waals surface area (Å²) in [4.78, 5) is 26.8. The number of nitrogens with one attached hydrogen (secondary N) is 2. The number of hydrogen-bond acceptors (Lipinski definition) is 7. The van der Waals surface area contributed by atoms with E-state index >= 15 is 0 Å². The Kier molecular flexibility index (Phi) is 6.91. The van der Waals surface area contributed by atoms with E-state index in [1.165, 1.54) is 11.8 Å². The number of piperidine rings is 1. The second kappa shape index (κ2) is 10.00. The number of aromatic nitrogens is 2. The predicted octanol–water partition coefficient (Wildman–Crippen LogP) is 2.71. The van der Waals surface area contributed by atoms with Crippen LogP contribution in [0.25, 0.3) is 0 Å². The second-order valence-electron chi connectivity index (χ2n) is 7.83. The van der Waals surface area contributed by atoms with Crippen LogP contribution in [0, 0.1) is 5.92 Å². The molecule has 1 atom stereocenters. The first kappa shape index (κ1) is 21.4. The summed E-state index contributed by atoms with van der Waals surface area (Å²) in [6.07, 6.45) is 4.08. The Morgan fingerprint density at radius 1 is 1.16 bits per heavy atom. The van der Waals surface area contributed by atoms with E-state index in [-0.39, 0.29) is 23.5 Å². The molecule has 31 heavy (non-hydrogen) atoms. The molecule has 0 unspecified atom stereocenters. The van der Waals surface area contributed by atoms with Crippen LogP contribution in [0.2, 0.25) is 0 Å². The number of para-hydroxylation sites is 2. The lowest BCUT2D eigenvalue weighted by Crippen LogP contribution is -2.44. The van der Waals surface area contributed by atoms with Crippen LogP contribution < -0.4 is 20.3 Å². The fraction of sp³-hybridized carbons (Fsp3) is 0.455. The quantitative estimate of drug-likeness (QED) is 0.608. The molecule has 164 valence electrons. The van der Waals surface area contributed by atoms with Gasteiger partial charge in [-0.05, 0) is 49.9 Å². The van der Waals surface area contributed by atoms with Crippen LogP contribution >= 0.6 is 11.8 Å². The monoisotopic (exact) mass is 441 g/mol. The number of anilines is 2. The van der Waals surface area contributed by atoms with Crippen LogP contribution in [-0.4, -0.2) is 54.0 Å². The number of thioether (sulfide) groups is 1. The number of methoxy groups -OCH3 is 1. The van der Waals surface area contributed by atoms with Crippen molar-refractivity contribution in [1.82, 2.24) is 15.5 Å². The number of ether oxygens (including phenoxy) is 1. The lowest BCUT2D eigenvalue weighted by Gasteiger charge is -2.32. The highest BCUT2D eigenvalue weighted by Crippen LogP contribution is 2.26. The summed E-state index contributed by atoms with van der Waals surface area (Å²) in [6, 6.07) is 11.5. The van der Waals surface area contributed by atoms with Crippen molar-refractivity contribution in [2.75, 3.05) is 36.2 Å². The first-order valence-corrected chi connectivity index (χ1v) is 11.6. The van der Waals surface area contributed by atoms with Crippen molar-refractivity contribution in [2.45, 2.75) is 36.8 Å². The van der Waals surface area contributed by atoms with Gasteiger partial charge in [0.25, 0.3) is 0 Å². The van der Waals surface area contributed by atoms with Gasteiger partial charge in [-0.15, -0.1) is 10.2 Å². The molecule has 1 saturated heterocycles. The topological polar surface area (TPSA) is 96.5 Å². The van der Waals surface area contributed by atoms with Gasteiger partial charge in [0.2, 0.25) is 11.8 Å². The van der Waals surface area contributed by atoms with E-state index in [1.807, 2.05) is 24.3 Å². The molecule has 0 spiro atoms. The van der Waals surface area contributed by atoms with Gasteiger partial charge >= 0.3 is 0 Å². The van der Waals surface area contributed by atoms with Crippen molar-refractivity contribution >= 4 is 35.1 Å². The zero-order chi connectivity index (χ0) is 21.6. The summed E-state index contributed by atoms with van der Waals surface area (Å²) in [5.74, 6) is 1.64. The van der Waals surface area contributed by atoms with E-state index < -0.39 is 0 Å². The summed E-state index contributed by atoms with van der Waals surface area (Å²) in [7, 11) is 1.57. The summed E-state index contributed by atoms with van der Waals surface area (Å²) in [6.45, 7) is 1.54. The SMILES string of the molecule is COc1ccccc1NC(=O)CSc1ccc(N2CCC[C@H](C(=O)NC3CC3)C2)nn1.